The molecule has 0 unspecified atom stereocenters. The number of hydrogen-bond donors (Lipinski definition) is 1. The molecule has 0 aromatic carbocycles. The van der Waals surface area contributed by atoms with Crippen LogP contribution in [0.4, 0.5) is 0 Å². The van der Waals surface area contributed by atoms with E-state index in [9.17, 15) is 0 Å². The SMILES string of the molecule is CCCNCCSC(C)C. The summed E-state index contributed by atoms with van der Waals surface area (Å²) in [6.45, 7) is 9.01. The van der Waals surface area contributed by atoms with E-state index in [0.29, 0.717) is 0 Å². The van der Waals surface area contributed by atoms with Gasteiger partial charge in [-0.25, -0.2) is 0 Å². The van der Waals surface area contributed by atoms with Gasteiger partial charge in [-0.1, -0.05) is 20.8 Å². The maximum atomic E-state index is 3.37. The van der Waals surface area contributed by atoms with Gasteiger partial charge in [-0.15, -0.1) is 0 Å². The maximum absolute atomic E-state index is 3.37. The zero-order valence-corrected chi connectivity index (χ0v) is 8.13. The molecule has 0 saturated heterocycles. The molecule has 10 heavy (non-hydrogen) atoms. The van der Waals surface area contributed by atoms with Gasteiger partial charge >= 0.3 is 0 Å². The Morgan fingerprint density at radius 1 is 1.30 bits per heavy atom. The fourth-order valence-electron chi connectivity index (χ4n) is 0.669. The molecule has 0 rings (SSSR count). The first-order valence-corrected chi connectivity index (χ1v) is 5.14. The quantitative estimate of drug-likeness (QED) is 0.599. The maximum Gasteiger partial charge on any atom is 0.00606 e. The van der Waals surface area contributed by atoms with E-state index in [0.717, 1.165) is 11.8 Å². The van der Waals surface area contributed by atoms with Crippen LogP contribution in [-0.2, 0) is 0 Å². The number of thioether (sulfide) groups is 1. The topological polar surface area (TPSA) is 12.0 Å². The van der Waals surface area contributed by atoms with E-state index in [1.165, 1.54) is 18.7 Å². The largest absolute Gasteiger partial charge is 0.316 e. The van der Waals surface area contributed by atoms with E-state index in [1.54, 1.807) is 0 Å². The van der Waals surface area contributed by atoms with Crippen molar-refractivity contribution in [2.75, 3.05) is 18.8 Å². The third-order valence-corrected chi connectivity index (χ3v) is 2.26. The summed E-state index contributed by atoms with van der Waals surface area (Å²) in [5, 5.41) is 4.15. The average Bonchev–Trinajstić information content (AvgIpc) is 1.87. The van der Waals surface area contributed by atoms with Crippen molar-refractivity contribution in [1.82, 2.24) is 5.32 Å². The normalized spacial score (nSPS) is 10.8. The zero-order valence-electron chi connectivity index (χ0n) is 7.31. The Morgan fingerprint density at radius 2 is 2.00 bits per heavy atom. The fourth-order valence-corrected chi connectivity index (χ4v) is 1.40. The van der Waals surface area contributed by atoms with Crippen LogP contribution < -0.4 is 5.32 Å². The highest BCUT2D eigenvalue weighted by Gasteiger charge is 1.91. The van der Waals surface area contributed by atoms with Crippen molar-refractivity contribution >= 4 is 11.8 Å². The van der Waals surface area contributed by atoms with Crippen LogP contribution in [0.1, 0.15) is 27.2 Å². The van der Waals surface area contributed by atoms with Crippen molar-refractivity contribution in [2.24, 2.45) is 0 Å². The van der Waals surface area contributed by atoms with Crippen molar-refractivity contribution in [3.05, 3.63) is 0 Å². The molecule has 0 bridgehead atoms. The van der Waals surface area contributed by atoms with Crippen LogP contribution in [0.5, 0.6) is 0 Å². The third-order valence-electron chi connectivity index (χ3n) is 1.16. The minimum absolute atomic E-state index is 0.781. The molecule has 0 heterocycles. The van der Waals surface area contributed by atoms with Gasteiger partial charge in [-0.05, 0) is 18.2 Å². The van der Waals surface area contributed by atoms with Crippen LogP contribution in [0.25, 0.3) is 0 Å². The lowest BCUT2D eigenvalue weighted by molar-refractivity contribution is 0.707. The Labute approximate surface area is 69.0 Å². The van der Waals surface area contributed by atoms with Gasteiger partial charge in [0.25, 0.3) is 0 Å². The van der Waals surface area contributed by atoms with E-state index in [4.69, 9.17) is 0 Å². The van der Waals surface area contributed by atoms with E-state index in [2.05, 4.69) is 26.1 Å². The zero-order chi connectivity index (χ0) is 7.82. The van der Waals surface area contributed by atoms with E-state index in [-0.39, 0.29) is 0 Å². The highest BCUT2D eigenvalue weighted by Crippen LogP contribution is 2.06. The Hall–Kier alpha value is 0.310. The lowest BCUT2D eigenvalue weighted by atomic mass is 10.5. The molecule has 0 spiro atoms. The molecule has 0 radical (unpaired) electrons. The van der Waals surface area contributed by atoms with Crippen LogP contribution in [0.15, 0.2) is 0 Å². The molecule has 1 N–H and O–H groups in total. The molecule has 0 aliphatic heterocycles. The van der Waals surface area contributed by atoms with Crippen molar-refractivity contribution in [3.63, 3.8) is 0 Å². The third kappa shape index (κ3) is 8.31. The Kier molecular flexibility index (Phi) is 7.65. The van der Waals surface area contributed by atoms with Crippen LogP contribution in [0.3, 0.4) is 0 Å². The molecule has 0 fully saturated rings. The number of hydrogen-bond acceptors (Lipinski definition) is 2. The molecule has 0 saturated carbocycles. The lowest BCUT2D eigenvalue weighted by Gasteiger charge is -2.04. The Bertz CT molecular complexity index is 64.3. The van der Waals surface area contributed by atoms with Crippen LogP contribution in [0.2, 0.25) is 0 Å². The van der Waals surface area contributed by atoms with Gasteiger partial charge in [0.1, 0.15) is 0 Å². The molecule has 1 nitrogen and oxygen atoms in total. The van der Waals surface area contributed by atoms with Crippen LogP contribution >= 0.6 is 11.8 Å². The second-order valence-electron chi connectivity index (χ2n) is 2.67. The predicted molar refractivity (Wildman–Crippen MR) is 50.8 cm³/mol. The van der Waals surface area contributed by atoms with Gasteiger partial charge in [-0.2, -0.15) is 11.8 Å². The van der Waals surface area contributed by atoms with Gasteiger partial charge < -0.3 is 5.32 Å². The standard InChI is InChI=1S/C8H19NS/c1-4-5-9-6-7-10-8(2)3/h8-9H,4-7H2,1-3H3. The molecule has 2 heteroatoms. The minimum atomic E-state index is 0.781. The van der Waals surface area contributed by atoms with Crippen molar-refractivity contribution in [2.45, 2.75) is 32.4 Å². The molecule has 0 aromatic rings. The average molecular weight is 161 g/mol. The highest BCUT2D eigenvalue weighted by molar-refractivity contribution is 7.99. The molecule has 0 aliphatic carbocycles. The summed E-state index contributed by atoms with van der Waals surface area (Å²) in [6, 6.07) is 0. The minimum Gasteiger partial charge on any atom is -0.316 e. The second kappa shape index (κ2) is 7.42. The smallest absolute Gasteiger partial charge is 0.00606 e. The molecule has 0 atom stereocenters. The highest BCUT2D eigenvalue weighted by atomic mass is 32.2. The lowest BCUT2D eigenvalue weighted by Crippen LogP contribution is -2.18. The molecular formula is C8H19NS. The summed E-state index contributed by atoms with van der Waals surface area (Å²) < 4.78 is 0. The van der Waals surface area contributed by atoms with Crippen LogP contribution in [-0.4, -0.2) is 24.1 Å². The summed E-state index contributed by atoms with van der Waals surface area (Å²) in [4.78, 5) is 0. The monoisotopic (exact) mass is 161 g/mol. The summed E-state index contributed by atoms with van der Waals surface area (Å²) in [6.07, 6.45) is 1.24. The van der Waals surface area contributed by atoms with Crippen molar-refractivity contribution < 1.29 is 0 Å². The Balaban J connectivity index is 2.77. The Morgan fingerprint density at radius 3 is 2.50 bits per heavy atom. The van der Waals surface area contributed by atoms with Gasteiger partial charge in [0, 0.05) is 12.3 Å². The summed E-state index contributed by atoms with van der Waals surface area (Å²) in [5.41, 5.74) is 0. The number of rotatable bonds is 6. The van der Waals surface area contributed by atoms with Crippen molar-refractivity contribution in [1.29, 1.82) is 0 Å². The first-order valence-electron chi connectivity index (χ1n) is 4.09. The van der Waals surface area contributed by atoms with Crippen molar-refractivity contribution in [3.8, 4) is 0 Å². The molecule has 0 aromatic heterocycles. The first kappa shape index (κ1) is 10.3. The van der Waals surface area contributed by atoms with Gasteiger partial charge in [-0.3, -0.25) is 0 Å². The van der Waals surface area contributed by atoms with Gasteiger partial charge in [0.15, 0.2) is 0 Å². The summed E-state index contributed by atoms with van der Waals surface area (Å²) in [7, 11) is 0. The number of nitrogens with one attached hydrogen (secondary N) is 1. The van der Waals surface area contributed by atoms with E-state index >= 15 is 0 Å². The molecular weight excluding hydrogens is 142 g/mol. The first-order chi connectivity index (χ1) is 4.77. The molecule has 62 valence electrons. The molecule has 0 aliphatic rings. The fraction of sp³-hybridized carbons (Fsp3) is 1.00. The van der Waals surface area contributed by atoms with E-state index in [1.807, 2.05) is 11.8 Å². The van der Waals surface area contributed by atoms with E-state index < -0.39 is 0 Å². The summed E-state index contributed by atoms with van der Waals surface area (Å²) >= 11 is 2.02. The molecule has 0 amide bonds. The summed E-state index contributed by atoms with van der Waals surface area (Å²) in [5.74, 6) is 1.25. The van der Waals surface area contributed by atoms with Gasteiger partial charge in [0.2, 0.25) is 0 Å². The van der Waals surface area contributed by atoms with Gasteiger partial charge in [0.05, 0.1) is 0 Å². The second-order valence-corrected chi connectivity index (χ2v) is 4.35. The van der Waals surface area contributed by atoms with Crippen LogP contribution in [0, 0.1) is 0 Å². The predicted octanol–water partition coefficient (Wildman–Crippen LogP) is 2.13.